The molecule has 0 radical (unpaired) electrons. The zero-order chi connectivity index (χ0) is 28.4. The van der Waals surface area contributed by atoms with E-state index in [1.807, 2.05) is 0 Å². The first kappa shape index (κ1) is 27.4. The molecule has 0 spiro atoms. The van der Waals surface area contributed by atoms with E-state index in [0.29, 0.717) is 0 Å². The van der Waals surface area contributed by atoms with Crippen molar-refractivity contribution in [3.8, 4) is 22.3 Å². The third-order valence-electron chi connectivity index (χ3n) is 7.88. The Bertz CT molecular complexity index is 1540. The van der Waals surface area contributed by atoms with Gasteiger partial charge in [-0.1, -0.05) is 170 Å². The standard InChI is InChI=1S/C40H36N2/c1-5-17-31(18-6-1)37-27-15-13-25-35(37)29-41-39(33-21-9-3-10-22-33)40(34-23-11-4-12-24-34)42-30-36-26-14-16-28-38(36)32-19-7-2-8-20-32/h1-28,39-42H,29-30H2/t39-,40-/m0/s1. The second-order valence-electron chi connectivity index (χ2n) is 10.6. The van der Waals surface area contributed by atoms with Crippen molar-refractivity contribution < 1.29 is 0 Å². The molecular formula is C40H36N2. The van der Waals surface area contributed by atoms with E-state index in [4.69, 9.17) is 0 Å². The molecule has 2 nitrogen and oxygen atoms in total. The summed E-state index contributed by atoms with van der Waals surface area (Å²) in [5, 5.41) is 7.96. The Morgan fingerprint density at radius 3 is 1.02 bits per heavy atom. The van der Waals surface area contributed by atoms with Gasteiger partial charge in [0.15, 0.2) is 0 Å². The van der Waals surface area contributed by atoms with Crippen molar-refractivity contribution in [2.45, 2.75) is 25.2 Å². The van der Waals surface area contributed by atoms with Gasteiger partial charge in [0.25, 0.3) is 0 Å². The fourth-order valence-corrected chi connectivity index (χ4v) is 5.76. The molecule has 42 heavy (non-hydrogen) atoms. The lowest BCUT2D eigenvalue weighted by Crippen LogP contribution is -2.35. The molecule has 0 aromatic heterocycles. The van der Waals surface area contributed by atoms with Crippen LogP contribution in [0.1, 0.15) is 34.3 Å². The van der Waals surface area contributed by atoms with E-state index in [1.54, 1.807) is 0 Å². The highest BCUT2D eigenvalue weighted by molar-refractivity contribution is 5.68. The van der Waals surface area contributed by atoms with Crippen LogP contribution in [0.4, 0.5) is 0 Å². The second kappa shape index (κ2) is 13.7. The number of nitrogens with one attached hydrogen (secondary N) is 2. The smallest absolute Gasteiger partial charge is 0.0521 e. The second-order valence-corrected chi connectivity index (χ2v) is 10.6. The summed E-state index contributed by atoms with van der Waals surface area (Å²) < 4.78 is 0. The lowest BCUT2D eigenvalue weighted by atomic mass is 9.91. The fraction of sp³-hybridized carbons (Fsp3) is 0.100. The number of rotatable bonds is 11. The van der Waals surface area contributed by atoms with Crippen molar-refractivity contribution >= 4 is 0 Å². The van der Waals surface area contributed by atoms with Gasteiger partial charge in [0.2, 0.25) is 0 Å². The molecule has 0 aliphatic carbocycles. The fourth-order valence-electron chi connectivity index (χ4n) is 5.76. The highest BCUT2D eigenvalue weighted by Gasteiger charge is 2.25. The Morgan fingerprint density at radius 1 is 0.333 bits per heavy atom. The van der Waals surface area contributed by atoms with E-state index in [2.05, 4.69) is 180 Å². The molecule has 2 heteroatoms. The molecule has 0 heterocycles. The van der Waals surface area contributed by atoms with E-state index >= 15 is 0 Å². The first-order valence-electron chi connectivity index (χ1n) is 14.7. The van der Waals surface area contributed by atoms with Gasteiger partial charge in [-0.3, -0.25) is 0 Å². The van der Waals surface area contributed by atoms with Gasteiger partial charge < -0.3 is 10.6 Å². The van der Waals surface area contributed by atoms with E-state index in [9.17, 15) is 0 Å². The van der Waals surface area contributed by atoms with Gasteiger partial charge in [-0.05, 0) is 44.5 Å². The van der Waals surface area contributed by atoms with Crippen LogP contribution >= 0.6 is 0 Å². The van der Waals surface area contributed by atoms with Crippen LogP contribution in [0, 0.1) is 0 Å². The minimum Gasteiger partial charge on any atom is -0.304 e. The van der Waals surface area contributed by atoms with Crippen molar-refractivity contribution in [3.05, 3.63) is 192 Å². The van der Waals surface area contributed by atoms with Crippen molar-refractivity contribution in [3.63, 3.8) is 0 Å². The Hall–Kier alpha value is -4.76. The molecule has 0 aliphatic rings. The maximum atomic E-state index is 3.98. The highest BCUT2D eigenvalue weighted by atomic mass is 15.0. The number of benzene rings is 6. The van der Waals surface area contributed by atoms with E-state index in [0.717, 1.165) is 13.1 Å². The highest BCUT2D eigenvalue weighted by Crippen LogP contribution is 2.32. The van der Waals surface area contributed by atoms with Gasteiger partial charge in [-0.15, -0.1) is 0 Å². The molecular weight excluding hydrogens is 508 g/mol. The molecule has 0 unspecified atom stereocenters. The van der Waals surface area contributed by atoms with Gasteiger partial charge in [0, 0.05) is 13.1 Å². The summed E-state index contributed by atoms with van der Waals surface area (Å²) in [6, 6.07) is 60.5. The Balaban J connectivity index is 1.33. The summed E-state index contributed by atoms with van der Waals surface area (Å²) in [4.78, 5) is 0. The Morgan fingerprint density at radius 2 is 0.643 bits per heavy atom. The average Bonchev–Trinajstić information content (AvgIpc) is 3.08. The first-order chi connectivity index (χ1) is 20.9. The minimum atomic E-state index is 0.0429. The molecule has 0 bridgehead atoms. The van der Waals surface area contributed by atoms with Gasteiger partial charge in [-0.25, -0.2) is 0 Å². The maximum absolute atomic E-state index is 3.98. The first-order valence-corrected chi connectivity index (χ1v) is 14.7. The zero-order valence-corrected chi connectivity index (χ0v) is 23.7. The molecule has 206 valence electrons. The Labute approximate surface area is 249 Å². The summed E-state index contributed by atoms with van der Waals surface area (Å²) in [7, 11) is 0. The summed E-state index contributed by atoms with van der Waals surface area (Å²) in [5.74, 6) is 0. The molecule has 2 N–H and O–H groups in total. The van der Waals surface area contributed by atoms with Crippen LogP contribution in [0.25, 0.3) is 22.3 Å². The number of hydrogen-bond acceptors (Lipinski definition) is 2. The Kier molecular flexibility index (Phi) is 8.96. The summed E-state index contributed by atoms with van der Waals surface area (Å²) >= 11 is 0. The average molecular weight is 545 g/mol. The van der Waals surface area contributed by atoms with Crippen LogP contribution in [0.15, 0.2) is 170 Å². The minimum absolute atomic E-state index is 0.0429. The van der Waals surface area contributed by atoms with Crippen LogP contribution in [-0.4, -0.2) is 0 Å². The SMILES string of the molecule is c1ccc(-c2ccccc2CN[C@@H](c2ccccc2)[C@@H](NCc2ccccc2-c2ccccc2)c2ccccc2)cc1. The molecule has 6 aromatic carbocycles. The summed E-state index contributed by atoms with van der Waals surface area (Å²) in [6.07, 6.45) is 0. The van der Waals surface area contributed by atoms with Crippen LogP contribution < -0.4 is 10.6 Å². The van der Waals surface area contributed by atoms with Crippen LogP contribution in [0.5, 0.6) is 0 Å². The number of hydrogen-bond donors (Lipinski definition) is 2. The van der Waals surface area contributed by atoms with Crippen LogP contribution in [0.3, 0.4) is 0 Å². The summed E-state index contributed by atoms with van der Waals surface area (Å²) in [6.45, 7) is 1.49. The third-order valence-corrected chi connectivity index (χ3v) is 7.88. The van der Waals surface area contributed by atoms with Gasteiger partial charge in [-0.2, -0.15) is 0 Å². The zero-order valence-electron chi connectivity index (χ0n) is 23.7. The molecule has 0 saturated carbocycles. The van der Waals surface area contributed by atoms with Crippen molar-refractivity contribution in [1.29, 1.82) is 0 Å². The van der Waals surface area contributed by atoms with E-state index in [1.165, 1.54) is 44.5 Å². The third kappa shape index (κ3) is 6.58. The molecule has 0 amide bonds. The monoisotopic (exact) mass is 544 g/mol. The van der Waals surface area contributed by atoms with E-state index in [-0.39, 0.29) is 12.1 Å². The largest absolute Gasteiger partial charge is 0.304 e. The topological polar surface area (TPSA) is 24.1 Å². The molecule has 0 fully saturated rings. The van der Waals surface area contributed by atoms with Crippen molar-refractivity contribution in [1.82, 2.24) is 10.6 Å². The lowest BCUT2D eigenvalue weighted by Gasteiger charge is -2.31. The predicted octanol–water partition coefficient (Wildman–Crippen LogP) is 9.38. The lowest BCUT2D eigenvalue weighted by molar-refractivity contribution is 0.381. The quantitative estimate of drug-likeness (QED) is 0.170. The maximum Gasteiger partial charge on any atom is 0.0521 e. The van der Waals surface area contributed by atoms with Gasteiger partial charge in [0.05, 0.1) is 12.1 Å². The van der Waals surface area contributed by atoms with Crippen LogP contribution in [-0.2, 0) is 13.1 Å². The molecule has 0 aliphatic heterocycles. The molecule has 6 aromatic rings. The summed E-state index contributed by atoms with van der Waals surface area (Å²) in [5.41, 5.74) is 10.1. The van der Waals surface area contributed by atoms with Crippen LogP contribution in [0.2, 0.25) is 0 Å². The van der Waals surface area contributed by atoms with E-state index < -0.39 is 0 Å². The molecule has 6 rings (SSSR count). The van der Waals surface area contributed by atoms with Gasteiger partial charge in [0.1, 0.15) is 0 Å². The van der Waals surface area contributed by atoms with Crippen molar-refractivity contribution in [2.75, 3.05) is 0 Å². The predicted molar refractivity (Wildman–Crippen MR) is 176 cm³/mol. The molecule has 2 atom stereocenters. The van der Waals surface area contributed by atoms with Gasteiger partial charge >= 0.3 is 0 Å². The normalized spacial score (nSPS) is 12.5. The molecule has 0 saturated heterocycles. The van der Waals surface area contributed by atoms with Crippen molar-refractivity contribution in [2.24, 2.45) is 0 Å².